The molecule has 0 radical (unpaired) electrons. The monoisotopic (exact) mass is 371 g/mol. The highest BCUT2D eigenvalue weighted by Gasteiger charge is 2.08. The molecule has 0 atom stereocenters. The molecule has 3 aromatic rings. The lowest BCUT2D eigenvalue weighted by molar-refractivity contribution is -0.124. The van der Waals surface area contributed by atoms with Crippen LogP contribution in [0.2, 0.25) is 0 Å². The summed E-state index contributed by atoms with van der Waals surface area (Å²) in [5.41, 5.74) is 4.21. The largest absolute Gasteiger partial charge is 0.326 e. The topological polar surface area (TPSA) is 70.6 Å². The zero-order chi connectivity index (χ0) is 19.6. The molecule has 0 fully saturated rings. The lowest BCUT2D eigenvalue weighted by atomic mass is 10.1. The molecule has 3 aromatic carbocycles. The fourth-order valence-electron chi connectivity index (χ4n) is 2.70. The van der Waals surface area contributed by atoms with Gasteiger partial charge in [-0.3, -0.25) is 9.59 Å². The number of benzene rings is 3. The molecule has 28 heavy (non-hydrogen) atoms. The van der Waals surface area contributed by atoms with Gasteiger partial charge in [0.1, 0.15) is 0 Å². The van der Waals surface area contributed by atoms with Crippen LogP contribution in [0.4, 0.5) is 5.69 Å². The van der Waals surface area contributed by atoms with E-state index in [0.717, 1.165) is 22.0 Å². The molecule has 140 valence electrons. The number of hydrazone groups is 1. The summed E-state index contributed by atoms with van der Waals surface area (Å²) in [7, 11) is 0. The second-order valence-electron chi connectivity index (χ2n) is 6.16. The molecule has 2 amide bonds. The zero-order valence-corrected chi connectivity index (χ0v) is 15.3. The van der Waals surface area contributed by atoms with Crippen LogP contribution >= 0.6 is 0 Å². The summed E-state index contributed by atoms with van der Waals surface area (Å²) in [6.45, 7) is 0. The van der Waals surface area contributed by atoms with Crippen LogP contribution in [-0.2, 0) is 9.59 Å². The summed E-state index contributed by atoms with van der Waals surface area (Å²) in [6, 6.07) is 23.3. The molecule has 2 N–H and O–H groups in total. The van der Waals surface area contributed by atoms with Crippen LogP contribution in [0.25, 0.3) is 16.8 Å². The highest BCUT2D eigenvalue weighted by Crippen LogP contribution is 2.23. The van der Waals surface area contributed by atoms with E-state index in [2.05, 4.69) is 15.8 Å². The van der Waals surface area contributed by atoms with Gasteiger partial charge in [0.2, 0.25) is 11.8 Å². The summed E-state index contributed by atoms with van der Waals surface area (Å²) in [5.74, 6) is -0.517. The highest BCUT2D eigenvalue weighted by molar-refractivity contribution is 6.02. The highest BCUT2D eigenvalue weighted by atomic mass is 16.2. The molecule has 0 aromatic heterocycles. The van der Waals surface area contributed by atoms with Crippen molar-refractivity contribution in [2.24, 2.45) is 5.10 Å². The summed E-state index contributed by atoms with van der Waals surface area (Å²) < 4.78 is 0. The predicted octanol–water partition coefficient (Wildman–Crippen LogP) is 4.37. The first kappa shape index (κ1) is 19.0. The Balaban J connectivity index is 1.43. The van der Waals surface area contributed by atoms with Crippen molar-refractivity contribution in [3.63, 3.8) is 0 Å². The van der Waals surface area contributed by atoms with Gasteiger partial charge in [-0.05, 0) is 23.1 Å². The van der Waals surface area contributed by atoms with Crippen molar-refractivity contribution >= 4 is 40.6 Å². The summed E-state index contributed by atoms with van der Waals surface area (Å²) in [5, 5.41) is 8.73. The van der Waals surface area contributed by atoms with Crippen LogP contribution < -0.4 is 10.7 Å². The van der Waals surface area contributed by atoms with Gasteiger partial charge in [0.05, 0.1) is 0 Å². The number of allylic oxidation sites excluding steroid dienone is 1. The molecule has 0 aliphatic heterocycles. The number of anilines is 1. The third-order valence-corrected chi connectivity index (χ3v) is 4.08. The van der Waals surface area contributed by atoms with Gasteiger partial charge in [-0.2, -0.15) is 5.10 Å². The summed E-state index contributed by atoms with van der Waals surface area (Å²) in [6.07, 6.45) is 5.28. The average molecular weight is 371 g/mol. The van der Waals surface area contributed by atoms with Crippen molar-refractivity contribution in [1.82, 2.24) is 5.43 Å². The van der Waals surface area contributed by atoms with E-state index in [9.17, 15) is 9.59 Å². The van der Waals surface area contributed by atoms with Crippen LogP contribution in [0.1, 0.15) is 18.4 Å². The minimum absolute atomic E-state index is 0.0658. The second kappa shape index (κ2) is 9.83. The lowest BCUT2D eigenvalue weighted by Crippen LogP contribution is -2.20. The van der Waals surface area contributed by atoms with Crippen LogP contribution in [0, 0.1) is 0 Å². The van der Waals surface area contributed by atoms with Gasteiger partial charge in [-0.1, -0.05) is 72.8 Å². The van der Waals surface area contributed by atoms with Gasteiger partial charge in [0.25, 0.3) is 0 Å². The van der Waals surface area contributed by atoms with Crippen LogP contribution in [0.5, 0.6) is 0 Å². The van der Waals surface area contributed by atoms with E-state index >= 15 is 0 Å². The number of rotatable bonds is 7. The number of amides is 2. The van der Waals surface area contributed by atoms with E-state index in [-0.39, 0.29) is 24.7 Å². The Kier molecular flexibility index (Phi) is 6.68. The quantitative estimate of drug-likeness (QED) is 0.478. The van der Waals surface area contributed by atoms with Crippen LogP contribution in [-0.4, -0.2) is 18.0 Å². The smallest absolute Gasteiger partial charge is 0.240 e. The molecule has 0 aliphatic carbocycles. The van der Waals surface area contributed by atoms with Gasteiger partial charge in [0.15, 0.2) is 0 Å². The van der Waals surface area contributed by atoms with E-state index in [4.69, 9.17) is 0 Å². The van der Waals surface area contributed by atoms with E-state index < -0.39 is 0 Å². The molecule has 0 saturated carbocycles. The van der Waals surface area contributed by atoms with Crippen LogP contribution in [0.15, 0.2) is 84.0 Å². The van der Waals surface area contributed by atoms with E-state index in [1.54, 1.807) is 6.08 Å². The first-order valence-corrected chi connectivity index (χ1v) is 9.03. The molecular formula is C23H21N3O2. The number of hydrogen-bond donors (Lipinski definition) is 2. The Bertz CT molecular complexity index is 1010. The van der Waals surface area contributed by atoms with Gasteiger partial charge in [-0.25, -0.2) is 5.43 Å². The van der Waals surface area contributed by atoms with Crippen molar-refractivity contribution < 1.29 is 9.59 Å². The Morgan fingerprint density at radius 3 is 2.39 bits per heavy atom. The molecule has 0 heterocycles. The first-order chi connectivity index (χ1) is 13.7. The minimum Gasteiger partial charge on any atom is -0.326 e. The summed E-state index contributed by atoms with van der Waals surface area (Å²) in [4.78, 5) is 24.0. The molecule has 0 unspecified atom stereocenters. The fourth-order valence-corrected chi connectivity index (χ4v) is 2.70. The fraction of sp³-hybridized carbons (Fsp3) is 0.0870. The number of carbonyl (C=O) groups is 2. The minimum atomic E-state index is -0.308. The van der Waals surface area contributed by atoms with Crippen molar-refractivity contribution in [1.29, 1.82) is 0 Å². The lowest BCUT2D eigenvalue weighted by Gasteiger charge is -2.08. The first-order valence-electron chi connectivity index (χ1n) is 9.03. The van der Waals surface area contributed by atoms with Gasteiger partial charge < -0.3 is 5.32 Å². The molecular weight excluding hydrogens is 350 g/mol. The number of hydrogen-bond acceptors (Lipinski definition) is 3. The van der Waals surface area contributed by atoms with Crippen molar-refractivity contribution in [2.75, 3.05) is 5.32 Å². The molecule has 0 spiro atoms. The van der Waals surface area contributed by atoms with E-state index in [1.807, 2.05) is 78.9 Å². The molecule has 5 nitrogen and oxygen atoms in total. The number of nitrogens with one attached hydrogen (secondary N) is 2. The van der Waals surface area contributed by atoms with Gasteiger partial charge in [-0.15, -0.1) is 0 Å². The average Bonchev–Trinajstić information content (AvgIpc) is 2.73. The Hall–Kier alpha value is -3.73. The molecule has 0 aliphatic rings. The standard InChI is InChI=1S/C23H21N3O2/c27-22(25-21-14-6-12-19-11-4-5-13-20(19)21)15-16-23(28)26-24-17-7-10-18-8-2-1-3-9-18/h1-14,17H,15-16H2,(H,25,27)(H,26,28)/b10-7+,24-17?. The maximum Gasteiger partial charge on any atom is 0.240 e. The third kappa shape index (κ3) is 5.64. The molecule has 5 heteroatoms. The number of fused-ring (bicyclic) bond motifs is 1. The van der Waals surface area contributed by atoms with Gasteiger partial charge in [0, 0.05) is 30.1 Å². The second-order valence-corrected chi connectivity index (χ2v) is 6.16. The predicted molar refractivity (Wildman–Crippen MR) is 114 cm³/mol. The van der Waals surface area contributed by atoms with Crippen molar-refractivity contribution in [3.8, 4) is 0 Å². The van der Waals surface area contributed by atoms with Crippen LogP contribution in [0.3, 0.4) is 0 Å². The third-order valence-electron chi connectivity index (χ3n) is 4.08. The zero-order valence-electron chi connectivity index (χ0n) is 15.3. The maximum atomic E-state index is 12.2. The van der Waals surface area contributed by atoms with Gasteiger partial charge >= 0.3 is 0 Å². The number of carbonyl (C=O) groups excluding carboxylic acids is 2. The van der Waals surface area contributed by atoms with Crippen molar-refractivity contribution in [3.05, 3.63) is 84.4 Å². The normalized spacial score (nSPS) is 11.1. The Morgan fingerprint density at radius 2 is 1.54 bits per heavy atom. The summed E-state index contributed by atoms with van der Waals surface area (Å²) >= 11 is 0. The Labute approximate surface area is 163 Å². The Morgan fingerprint density at radius 1 is 0.821 bits per heavy atom. The molecule has 3 rings (SSSR count). The van der Waals surface area contributed by atoms with E-state index in [0.29, 0.717) is 0 Å². The maximum absolute atomic E-state index is 12.2. The molecule has 0 bridgehead atoms. The van der Waals surface area contributed by atoms with E-state index in [1.165, 1.54) is 6.21 Å². The SMILES string of the molecule is O=C(CCC(=O)Nc1cccc2ccccc12)NN=C/C=C/c1ccccc1. The number of nitrogens with zero attached hydrogens (tertiary/aromatic N) is 1. The molecule has 0 saturated heterocycles. The van der Waals surface area contributed by atoms with Crippen molar-refractivity contribution in [2.45, 2.75) is 12.8 Å².